The quantitative estimate of drug-likeness (QED) is 0.233. The van der Waals surface area contributed by atoms with Gasteiger partial charge in [-0.1, -0.05) is 6.07 Å². The van der Waals surface area contributed by atoms with Crippen molar-refractivity contribution in [2.75, 3.05) is 25.8 Å². The maximum atomic E-state index is 11.3. The number of methoxy groups -OCH3 is 2. The van der Waals surface area contributed by atoms with Crippen molar-refractivity contribution >= 4 is 17.8 Å². The van der Waals surface area contributed by atoms with Crippen LogP contribution in [0.4, 0.5) is 5.69 Å². The van der Waals surface area contributed by atoms with E-state index in [2.05, 4.69) is 18.2 Å². The Kier molecular flexibility index (Phi) is 11.5. The van der Waals surface area contributed by atoms with Crippen LogP contribution in [0.3, 0.4) is 0 Å². The molecule has 1 aliphatic rings. The number of allylic oxidation sites excluding steroid dienone is 3. The van der Waals surface area contributed by atoms with E-state index >= 15 is 0 Å². The molecule has 0 spiro atoms. The van der Waals surface area contributed by atoms with Gasteiger partial charge in [-0.25, -0.2) is 5.01 Å². The number of amides is 1. The Morgan fingerprint density at radius 1 is 1.29 bits per heavy atom. The molecule has 1 aromatic rings. The Bertz CT molecular complexity index is 1000. The zero-order valence-corrected chi connectivity index (χ0v) is 21.1. The molecule has 1 aromatic carbocycles. The van der Waals surface area contributed by atoms with Crippen LogP contribution in [0.25, 0.3) is 0 Å². The number of hydrogen-bond donors (Lipinski definition) is 2. The van der Waals surface area contributed by atoms with Crippen molar-refractivity contribution < 1.29 is 19.0 Å². The van der Waals surface area contributed by atoms with Crippen LogP contribution in [0.1, 0.15) is 39.7 Å². The molecule has 1 heterocycles. The summed E-state index contributed by atoms with van der Waals surface area (Å²) in [7, 11) is 3.23. The lowest BCUT2D eigenvalue weighted by Gasteiger charge is -2.30. The van der Waals surface area contributed by atoms with Crippen LogP contribution in [-0.2, 0) is 14.3 Å². The van der Waals surface area contributed by atoms with Gasteiger partial charge in [0.2, 0.25) is 6.41 Å². The Hall–Kier alpha value is -3.70. The highest BCUT2D eigenvalue weighted by Gasteiger charge is 2.27. The lowest BCUT2D eigenvalue weighted by molar-refractivity contribution is -0.108. The fourth-order valence-electron chi connectivity index (χ4n) is 3.32. The number of rotatable bonds is 10. The fourth-order valence-corrected chi connectivity index (χ4v) is 3.32. The molecule has 0 unspecified atom stereocenters. The van der Waals surface area contributed by atoms with Crippen molar-refractivity contribution in [1.29, 1.82) is 0 Å². The molecule has 8 nitrogen and oxygen atoms in total. The summed E-state index contributed by atoms with van der Waals surface area (Å²) in [6, 6.07) is 5.75. The number of nitrogens with two attached hydrogens (primary N) is 1. The van der Waals surface area contributed by atoms with Gasteiger partial charge >= 0.3 is 0 Å². The first-order chi connectivity index (χ1) is 16.2. The predicted octanol–water partition coefficient (Wildman–Crippen LogP) is 3.98. The van der Waals surface area contributed by atoms with E-state index in [-0.39, 0.29) is 6.10 Å². The smallest absolute Gasteiger partial charge is 0.211 e. The molecule has 1 aliphatic heterocycles. The van der Waals surface area contributed by atoms with E-state index in [4.69, 9.17) is 25.0 Å². The normalized spacial score (nSPS) is 14.6. The molecule has 0 fully saturated rings. The van der Waals surface area contributed by atoms with Crippen molar-refractivity contribution in [3.05, 3.63) is 58.3 Å². The van der Waals surface area contributed by atoms with Gasteiger partial charge in [-0.3, -0.25) is 4.79 Å². The zero-order valence-electron chi connectivity index (χ0n) is 21.1. The summed E-state index contributed by atoms with van der Waals surface area (Å²) in [6.07, 6.45) is 10.9. The fraction of sp³-hybridized carbons (Fsp3) is 0.385. The van der Waals surface area contributed by atoms with Gasteiger partial charge in [-0.2, -0.15) is 5.10 Å². The Balaban J connectivity index is 0.00000281. The van der Waals surface area contributed by atoms with E-state index in [0.29, 0.717) is 53.7 Å². The molecule has 0 atom stereocenters. The summed E-state index contributed by atoms with van der Waals surface area (Å²) in [5.74, 6) is 1.84. The van der Waals surface area contributed by atoms with Gasteiger partial charge in [0.15, 0.2) is 0 Å². The highest BCUT2D eigenvalue weighted by molar-refractivity contribution is 6.06. The lowest BCUT2D eigenvalue weighted by Crippen LogP contribution is -2.32. The minimum Gasteiger partial charge on any atom is -0.497 e. The minimum atomic E-state index is -0.0835. The molecule has 0 saturated carbocycles. The molecular weight excluding hydrogens is 432 g/mol. The van der Waals surface area contributed by atoms with Crippen LogP contribution in [0, 0.1) is 19.8 Å². The Labute approximate surface area is 203 Å². The molecule has 0 saturated heterocycles. The number of anilines is 1. The molecule has 0 aliphatic carbocycles. The van der Waals surface area contributed by atoms with Crippen LogP contribution < -0.4 is 20.8 Å². The molecule has 3 N–H and O–H groups in total. The van der Waals surface area contributed by atoms with Gasteiger partial charge in [0, 0.05) is 25.3 Å². The zero-order chi connectivity index (χ0) is 25.8. The maximum absolute atomic E-state index is 11.3. The number of aryl methyl sites for hydroxylation is 1. The standard InChI is InChI=1S/C24H34N4O4.C2H2/c1-15(2)32-22(10-11-30-6)23(18(5)26-14-29)20-12-17(4)24(25)28(27-20)21-13-19(31-7)9-8-16(21)3;1-2/h8-10,13-15H,11-12,25H2,1-7H3,(H,26,29);1-2H/b22-10+,23-18+;. The number of nitrogens with one attached hydrogen (secondary N) is 1. The Morgan fingerprint density at radius 2 is 1.97 bits per heavy atom. The number of hydrogen-bond acceptors (Lipinski definition) is 7. The third-order valence-corrected chi connectivity index (χ3v) is 4.95. The molecule has 34 heavy (non-hydrogen) atoms. The molecule has 0 bridgehead atoms. The van der Waals surface area contributed by atoms with Gasteiger partial charge in [-0.05, 0) is 57.9 Å². The average molecular weight is 469 g/mol. The van der Waals surface area contributed by atoms with E-state index in [9.17, 15) is 4.79 Å². The summed E-state index contributed by atoms with van der Waals surface area (Å²) >= 11 is 0. The van der Waals surface area contributed by atoms with Gasteiger partial charge in [-0.15, -0.1) is 12.8 Å². The average Bonchev–Trinajstić information content (AvgIpc) is 2.81. The summed E-state index contributed by atoms with van der Waals surface area (Å²) in [5.41, 5.74) is 11.2. The first kappa shape index (κ1) is 28.3. The molecule has 0 radical (unpaired) electrons. The SMILES string of the molecule is C#C.COC/C=C(OC(C)C)\C(C1=NN(c2cc(OC)ccc2C)C(N)=C(C)C1)=C(/C)NC=O. The summed E-state index contributed by atoms with van der Waals surface area (Å²) in [6.45, 7) is 10.0. The number of terminal acetylenes is 1. The van der Waals surface area contributed by atoms with Crippen LogP contribution in [-0.4, -0.2) is 39.1 Å². The predicted molar refractivity (Wildman–Crippen MR) is 137 cm³/mol. The number of hydrazone groups is 1. The number of benzene rings is 1. The van der Waals surface area contributed by atoms with Crippen molar-refractivity contribution in [2.45, 2.75) is 47.1 Å². The van der Waals surface area contributed by atoms with Gasteiger partial charge < -0.3 is 25.3 Å². The second-order valence-electron chi connectivity index (χ2n) is 7.81. The highest BCUT2D eigenvalue weighted by atomic mass is 16.5. The third-order valence-electron chi connectivity index (χ3n) is 4.95. The van der Waals surface area contributed by atoms with Crippen LogP contribution >= 0.6 is 0 Å². The van der Waals surface area contributed by atoms with E-state index in [1.54, 1.807) is 19.2 Å². The van der Waals surface area contributed by atoms with Gasteiger partial charge in [0.05, 0.1) is 36.8 Å². The first-order valence-electron chi connectivity index (χ1n) is 10.8. The van der Waals surface area contributed by atoms with E-state index in [1.807, 2.05) is 58.9 Å². The highest BCUT2D eigenvalue weighted by Crippen LogP contribution is 2.33. The molecule has 0 aromatic heterocycles. The van der Waals surface area contributed by atoms with Gasteiger partial charge in [0.1, 0.15) is 17.3 Å². The van der Waals surface area contributed by atoms with Crippen LogP contribution in [0.5, 0.6) is 5.75 Å². The summed E-state index contributed by atoms with van der Waals surface area (Å²) in [4.78, 5) is 11.3. The molecule has 1 amide bonds. The van der Waals surface area contributed by atoms with Crippen LogP contribution in [0.15, 0.2) is 57.8 Å². The summed E-state index contributed by atoms with van der Waals surface area (Å²) < 4.78 is 16.7. The molecule has 184 valence electrons. The maximum Gasteiger partial charge on any atom is 0.211 e. The molecule has 2 rings (SSSR count). The number of carbonyl (C=O) groups is 1. The monoisotopic (exact) mass is 468 g/mol. The third kappa shape index (κ3) is 7.15. The second-order valence-corrected chi connectivity index (χ2v) is 7.81. The van der Waals surface area contributed by atoms with E-state index in [0.717, 1.165) is 16.8 Å². The van der Waals surface area contributed by atoms with Crippen molar-refractivity contribution in [3.63, 3.8) is 0 Å². The van der Waals surface area contributed by atoms with Crippen molar-refractivity contribution in [1.82, 2.24) is 5.32 Å². The van der Waals surface area contributed by atoms with Crippen molar-refractivity contribution in [3.8, 4) is 18.6 Å². The number of carbonyl (C=O) groups excluding carboxylic acids is 1. The number of nitrogens with zero attached hydrogens (tertiary/aromatic N) is 2. The molecule has 8 heteroatoms. The summed E-state index contributed by atoms with van der Waals surface area (Å²) in [5, 5.41) is 9.36. The number of ether oxygens (including phenoxy) is 3. The lowest BCUT2D eigenvalue weighted by atomic mass is 9.97. The first-order valence-corrected chi connectivity index (χ1v) is 10.8. The Morgan fingerprint density at radius 3 is 2.53 bits per heavy atom. The second kappa shape index (κ2) is 13.8. The van der Waals surface area contributed by atoms with E-state index in [1.165, 1.54) is 0 Å². The van der Waals surface area contributed by atoms with Gasteiger partial charge in [0.25, 0.3) is 0 Å². The largest absolute Gasteiger partial charge is 0.497 e. The topological polar surface area (TPSA) is 98.4 Å². The van der Waals surface area contributed by atoms with E-state index < -0.39 is 0 Å². The van der Waals surface area contributed by atoms with Crippen molar-refractivity contribution in [2.24, 2.45) is 10.8 Å². The van der Waals surface area contributed by atoms with Crippen LogP contribution in [0.2, 0.25) is 0 Å². The molecular formula is C26H36N4O4. The minimum absolute atomic E-state index is 0.0835.